The average molecular weight is 223 g/mol. The monoisotopic (exact) mass is 223 g/mol. The average Bonchev–Trinajstić information content (AvgIpc) is 2.16. The van der Waals surface area contributed by atoms with Crippen LogP contribution in [0.4, 0.5) is 10.1 Å². The third-order valence-corrected chi connectivity index (χ3v) is 2.06. The Morgan fingerprint density at radius 2 is 2.12 bits per heavy atom. The molecule has 0 aliphatic carbocycles. The van der Waals surface area contributed by atoms with Gasteiger partial charge in [-0.15, -0.1) is 0 Å². The van der Waals surface area contributed by atoms with Crippen LogP contribution in [0, 0.1) is 17.1 Å². The largest absolute Gasteiger partial charge is 0.399 e. The van der Waals surface area contributed by atoms with Crippen LogP contribution in [0.5, 0.6) is 0 Å². The summed E-state index contributed by atoms with van der Waals surface area (Å²) in [5, 5.41) is 9.78. The Balaban J connectivity index is 2.85. The van der Waals surface area contributed by atoms with E-state index in [1.807, 2.05) is 0 Å². The second-order valence-corrected chi connectivity index (χ2v) is 3.76. The summed E-state index contributed by atoms with van der Waals surface area (Å²) in [6, 6.07) is 3.82. The summed E-state index contributed by atoms with van der Waals surface area (Å²) in [5.41, 5.74) is 5.51. The van der Waals surface area contributed by atoms with Crippen LogP contribution in [0.3, 0.4) is 0 Å². The second-order valence-electron chi connectivity index (χ2n) is 3.76. The van der Waals surface area contributed by atoms with Crippen LogP contribution in [0.25, 0.3) is 0 Å². The number of rotatable bonds is 2. The van der Waals surface area contributed by atoms with Gasteiger partial charge in [-0.2, -0.15) is 0 Å². The summed E-state index contributed by atoms with van der Waals surface area (Å²) in [6.45, 7) is 3.53. The minimum atomic E-state index is -0.686. The fraction of sp³-hybridized carbons (Fsp3) is 0.273. The summed E-state index contributed by atoms with van der Waals surface area (Å²) in [4.78, 5) is 11.6. The Kier molecular flexibility index (Phi) is 3.60. The fourth-order valence-corrected chi connectivity index (χ4v) is 1.05. The summed E-state index contributed by atoms with van der Waals surface area (Å²) >= 11 is 0. The van der Waals surface area contributed by atoms with Gasteiger partial charge in [0.15, 0.2) is 0 Å². The zero-order valence-electron chi connectivity index (χ0n) is 9.17. The molecule has 0 aliphatic rings. The molecule has 1 aromatic carbocycles. The molecule has 4 nitrogen and oxygen atoms in total. The highest BCUT2D eigenvalue weighted by atomic mass is 19.1. The first-order chi connectivity index (χ1) is 7.41. The standard InChI is InChI=1S/C11H14FN3O/c1-6(2)10(14)15-11(16)8-4-3-7(13)5-9(8)12/h3-6H,13H2,1-2H3,(H2,14,15,16). The zero-order chi connectivity index (χ0) is 12.3. The van der Waals surface area contributed by atoms with Gasteiger partial charge < -0.3 is 11.1 Å². The molecule has 16 heavy (non-hydrogen) atoms. The van der Waals surface area contributed by atoms with Gasteiger partial charge in [-0.25, -0.2) is 4.39 Å². The number of carbonyl (C=O) groups is 1. The molecule has 0 saturated carbocycles. The van der Waals surface area contributed by atoms with Crippen molar-refractivity contribution in [3.63, 3.8) is 0 Å². The van der Waals surface area contributed by atoms with Gasteiger partial charge in [-0.05, 0) is 18.2 Å². The Morgan fingerprint density at radius 3 is 2.62 bits per heavy atom. The third-order valence-electron chi connectivity index (χ3n) is 2.06. The van der Waals surface area contributed by atoms with Crippen molar-refractivity contribution in [1.29, 1.82) is 5.41 Å². The molecule has 5 heteroatoms. The Morgan fingerprint density at radius 1 is 1.50 bits per heavy atom. The lowest BCUT2D eigenvalue weighted by molar-refractivity contribution is 0.0971. The summed E-state index contributed by atoms with van der Waals surface area (Å²) in [5.74, 6) is -1.37. The van der Waals surface area contributed by atoms with E-state index in [1.54, 1.807) is 13.8 Å². The molecule has 0 spiro atoms. The topological polar surface area (TPSA) is 79.0 Å². The number of nitrogens with one attached hydrogen (secondary N) is 2. The lowest BCUT2D eigenvalue weighted by Gasteiger charge is -2.10. The molecule has 0 aromatic heterocycles. The van der Waals surface area contributed by atoms with Crippen molar-refractivity contribution in [3.8, 4) is 0 Å². The molecular weight excluding hydrogens is 209 g/mol. The van der Waals surface area contributed by atoms with Crippen LogP contribution in [0.15, 0.2) is 18.2 Å². The summed E-state index contributed by atoms with van der Waals surface area (Å²) in [7, 11) is 0. The van der Waals surface area contributed by atoms with Gasteiger partial charge in [0.1, 0.15) is 11.7 Å². The zero-order valence-corrected chi connectivity index (χ0v) is 9.17. The van der Waals surface area contributed by atoms with Crippen LogP contribution in [-0.4, -0.2) is 11.7 Å². The lowest BCUT2D eigenvalue weighted by atomic mass is 10.1. The maximum absolute atomic E-state index is 13.3. The van der Waals surface area contributed by atoms with Crippen LogP contribution in [-0.2, 0) is 0 Å². The number of amides is 1. The van der Waals surface area contributed by atoms with E-state index < -0.39 is 11.7 Å². The predicted octanol–water partition coefficient (Wildman–Crippen LogP) is 1.77. The Hall–Kier alpha value is -1.91. The highest BCUT2D eigenvalue weighted by molar-refractivity contribution is 6.06. The first-order valence-electron chi connectivity index (χ1n) is 4.86. The van der Waals surface area contributed by atoms with Gasteiger partial charge in [0.05, 0.1) is 5.56 Å². The number of carbonyl (C=O) groups excluding carboxylic acids is 1. The second kappa shape index (κ2) is 4.74. The number of hydrogen-bond donors (Lipinski definition) is 3. The lowest BCUT2D eigenvalue weighted by Crippen LogP contribution is -2.33. The molecule has 1 amide bonds. The molecule has 0 unspecified atom stereocenters. The Bertz CT molecular complexity index is 429. The molecule has 86 valence electrons. The van der Waals surface area contributed by atoms with E-state index in [0.717, 1.165) is 6.07 Å². The van der Waals surface area contributed by atoms with Crippen LogP contribution in [0.2, 0.25) is 0 Å². The normalized spacial score (nSPS) is 10.2. The first kappa shape index (κ1) is 12.2. The summed E-state index contributed by atoms with van der Waals surface area (Å²) in [6.07, 6.45) is 0. The van der Waals surface area contributed by atoms with E-state index in [0.29, 0.717) is 0 Å². The number of amidine groups is 1. The van der Waals surface area contributed by atoms with Crippen molar-refractivity contribution in [2.75, 3.05) is 5.73 Å². The molecule has 1 aromatic rings. The van der Waals surface area contributed by atoms with Gasteiger partial charge in [0.2, 0.25) is 0 Å². The molecule has 0 aliphatic heterocycles. The highest BCUT2D eigenvalue weighted by Gasteiger charge is 2.14. The quantitative estimate of drug-likeness (QED) is 0.406. The van der Waals surface area contributed by atoms with E-state index >= 15 is 0 Å². The van der Waals surface area contributed by atoms with Gasteiger partial charge in [-0.1, -0.05) is 13.8 Å². The van der Waals surface area contributed by atoms with Crippen molar-refractivity contribution in [2.24, 2.45) is 5.92 Å². The van der Waals surface area contributed by atoms with E-state index in [4.69, 9.17) is 11.1 Å². The van der Waals surface area contributed by atoms with Crippen LogP contribution < -0.4 is 11.1 Å². The molecule has 4 N–H and O–H groups in total. The summed E-state index contributed by atoms with van der Waals surface area (Å²) < 4.78 is 13.3. The van der Waals surface area contributed by atoms with Gasteiger partial charge in [0.25, 0.3) is 5.91 Å². The van der Waals surface area contributed by atoms with Crippen molar-refractivity contribution in [3.05, 3.63) is 29.6 Å². The first-order valence-corrected chi connectivity index (χ1v) is 4.86. The minimum absolute atomic E-state index is 0.0567. The molecule has 0 radical (unpaired) electrons. The number of halogens is 1. The van der Waals surface area contributed by atoms with E-state index in [2.05, 4.69) is 5.32 Å². The van der Waals surface area contributed by atoms with Gasteiger partial charge in [0, 0.05) is 11.6 Å². The van der Waals surface area contributed by atoms with Gasteiger partial charge in [-0.3, -0.25) is 10.2 Å². The van der Waals surface area contributed by atoms with Gasteiger partial charge >= 0.3 is 0 Å². The predicted molar refractivity (Wildman–Crippen MR) is 60.8 cm³/mol. The SMILES string of the molecule is CC(C)C(=N)NC(=O)c1ccc(N)cc1F. The van der Waals surface area contributed by atoms with Crippen molar-refractivity contribution in [1.82, 2.24) is 5.32 Å². The van der Waals surface area contributed by atoms with Crippen molar-refractivity contribution in [2.45, 2.75) is 13.8 Å². The van der Waals surface area contributed by atoms with Crippen LogP contribution >= 0.6 is 0 Å². The molecule has 1 rings (SSSR count). The molecule has 0 heterocycles. The third kappa shape index (κ3) is 2.79. The molecule has 0 bridgehead atoms. The smallest absolute Gasteiger partial charge is 0.259 e. The number of nitrogens with two attached hydrogens (primary N) is 1. The molecule has 0 fully saturated rings. The van der Waals surface area contributed by atoms with E-state index in [-0.39, 0.29) is 23.0 Å². The molecule has 0 atom stereocenters. The Labute approximate surface area is 93.2 Å². The molecular formula is C11H14FN3O. The van der Waals surface area contributed by atoms with Crippen molar-refractivity contribution < 1.29 is 9.18 Å². The number of hydrogen-bond acceptors (Lipinski definition) is 3. The minimum Gasteiger partial charge on any atom is -0.399 e. The van der Waals surface area contributed by atoms with E-state index in [9.17, 15) is 9.18 Å². The maximum atomic E-state index is 13.3. The number of benzene rings is 1. The van der Waals surface area contributed by atoms with E-state index in [1.165, 1.54) is 12.1 Å². The maximum Gasteiger partial charge on any atom is 0.259 e. The highest BCUT2D eigenvalue weighted by Crippen LogP contribution is 2.11. The number of anilines is 1. The number of nitrogen functional groups attached to an aromatic ring is 1. The molecule has 0 saturated heterocycles. The van der Waals surface area contributed by atoms with Crippen molar-refractivity contribution >= 4 is 17.4 Å². The fourth-order valence-electron chi connectivity index (χ4n) is 1.05. The van der Waals surface area contributed by atoms with Crippen LogP contribution in [0.1, 0.15) is 24.2 Å².